The van der Waals surface area contributed by atoms with Crippen LogP contribution < -0.4 is 0 Å². The number of unbranched alkanes of at least 4 members (excludes halogenated alkanes) is 1. The van der Waals surface area contributed by atoms with Gasteiger partial charge in [-0.25, -0.2) is 0 Å². The number of hydrogen-bond acceptors (Lipinski definition) is 0. The van der Waals surface area contributed by atoms with Gasteiger partial charge < -0.3 is 0 Å². The van der Waals surface area contributed by atoms with Crippen LogP contribution in [0.4, 0.5) is 0 Å². The molecule has 0 N–H and O–H groups in total. The van der Waals surface area contributed by atoms with Crippen molar-refractivity contribution in [3.8, 4) is 0 Å². The van der Waals surface area contributed by atoms with Crippen molar-refractivity contribution in [1.29, 1.82) is 0 Å². The molecular formula is C14H19. The second-order valence-electron chi connectivity index (χ2n) is 3.58. The van der Waals surface area contributed by atoms with Gasteiger partial charge in [-0.3, -0.25) is 0 Å². The molecule has 14 heavy (non-hydrogen) atoms. The third-order valence-corrected chi connectivity index (χ3v) is 2.19. The summed E-state index contributed by atoms with van der Waals surface area (Å²) in [5, 5.41) is 0. The molecule has 1 aromatic carbocycles. The molecule has 1 aromatic rings. The molecule has 0 aliphatic rings. The minimum absolute atomic E-state index is 1.12. The Morgan fingerprint density at radius 3 is 2.36 bits per heavy atom. The molecule has 1 rings (SSSR count). The summed E-state index contributed by atoms with van der Waals surface area (Å²) in [5.74, 6) is 0. The maximum Gasteiger partial charge on any atom is -0.0149 e. The summed E-state index contributed by atoms with van der Waals surface area (Å²) in [7, 11) is 0. The van der Waals surface area contributed by atoms with Crippen LogP contribution in [0.5, 0.6) is 0 Å². The molecule has 0 saturated heterocycles. The van der Waals surface area contributed by atoms with Gasteiger partial charge in [-0.1, -0.05) is 57.0 Å². The van der Waals surface area contributed by atoms with E-state index < -0.39 is 0 Å². The Balaban J connectivity index is 2.54. The minimum Gasteiger partial charge on any atom is -0.0761 e. The van der Waals surface area contributed by atoms with Gasteiger partial charge in [0.25, 0.3) is 0 Å². The van der Waals surface area contributed by atoms with Crippen LogP contribution in [0.25, 0.3) is 0 Å². The van der Waals surface area contributed by atoms with Crippen LogP contribution in [-0.2, 0) is 6.42 Å². The first kappa shape index (κ1) is 11.0. The molecule has 1 radical (unpaired) electrons. The van der Waals surface area contributed by atoms with Gasteiger partial charge in [-0.15, -0.1) is 0 Å². The van der Waals surface area contributed by atoms with E-state index in [4.69, 9.17) is 0 Å². The van der Waals surface area contributed by atoms with Gasteiger partial charge in [0.1, 0.15) is 0 Å². The fourth-order valence-corrected chi connectivity index (χ4v) is 1.39. The van der Waals surface area contributed by atoms with Gasteiger partial charge >= 0.3 is 0 Å². The first-order valence-corrected chi connectivity index (χ1v) is 5.54. The van der Waals surface area contributed by atoms with Crippen LogP contribution in [0.3, 0.4) is 0 Å². The fraction of sp³-hybridized carbons (Fsp3) is 0.429. The third kappa shape index (κ3) is 3.78. The summed E-state index contributed by atoms with van der Waals surface area (Å²) < 4.78 is 0. The summed E-state index contributed by atoms with van der Waals surface area (Å²) in [6.07, 6.45) is 10.1. The molecule has 0 atom stereocenters. The molecular weight excluding hydrogens is 168 g/mol. The molecule has 0 spiro atoms. The zero-order chi connectivity index (χ0) is 10.2. The van der Waals surface area contributed by atoms with E-state index in [2.05, 4.69) is 50.3 Å². The Labute approximate surface area is 87.7 Å². The summed E-state index contributed by atoms with van der Waals surface area (Å²) in [6.45, 7) is 4.39. The van der Waals surface area contributed by atoms with E-state index in [0.29, 0.717) is 0 Å². The smallest absolute Gasteiger partial charge is 0.0149 e. The molecule has 0 saturated carbocycles. The highest BCUT2D eigenvalue weighted by Crippen LogP contribution is 2.07. The van der Waals surface area contributed by atoms with E-state index in [-0.39, 0.29) is 0 Å². The Hall–Kier alpha value is -1.04. The molecule has 0 heteroatoms. The molecule has 0 unspecified atom stereocenters. The van der Waals surface area contributed by atoms with E-state index in [1.165, 1.54) is 30.4 Å². The van der Waals surface area contributed by atoms with Crippen molar-refractivity contribution in [3.05, 3.63) is 47.5 Å². The summed E-state index contributed by atoms with van der Waals surface area (Å²) in [5.41, 5.74) is 2.62. The molecule has 75 valence electrons. The van der Waals surface area contributed by atoms with E-state index in [1.807, 2.05) is 0 Å². The maximum absolute atomic E-state index is 3.29. The molecule has 0 amide bonds. The van der Waals surface area contributed by atoms with Crippen LogP contribution in [0.1, 0.15) is 44.2 Å². The number of benzene rings is 1. The van der Waals surface area contributed by atoms with Gasteiger partial charge in [-0.2, -0.15) is 0 Å². The van der Waals surface area contributed by atoms with Gasteiger partial charge in [0, 0.05) is 0 Å². The molecule has 0 aromatic heterocycles. The second-order valence-corrected chi connectivity index (χ2v) is 3.58. The van der Waals surface area contributed by atoms with Gasteiger partial charge in [0.15, 0.2) is 0 Å². The first-order chi connectivity index (χ1) is 6.86. The lowest BCUT2D eigenvalue weighted by atomic mass is 10.1. The zero-order valence-corrected chi connectivity index (χ0v) is 9.22. The quantitative estimate of drug-likeness (QED) is 0.649. The molecule has 0 aliphatic carbocycles. The number of hydrogen-bond donors (Lipinski definition) is 0. The normalized spacial score (nSPS) is 11.0. The maximum atomic E-state index is 3.29. The standard InChI is InChI=1S/C14H19/c1-3-5-6-8-14-11-9-13(7-4-2)10-12-14/h6,9-12H,3-5,7H2,1-2H3. The lowest BCUT2D eigenvalue weighted by Gasteiger charge is -1.98. The minimum atomic E-state index is 1.12. The second kappa shape index (κ2) is 6.42. The van der Waals surface area contributed by atoms with Crippen LogP contribution in [-0.4, -0.2) is 0 Å². The van der Waals surface area contributed by atoms with Crippen molar-refractivity contribution >= 4 is 0 Å². The van der Waals surface area contributed by atoms with Crippen LogP contribution in [0, 0.1) is 6.08 Å². The van der Waals surface area contributed by atoms with Gasteiger partial charge in [0.05, 0.1) is 0 Å². The van der Waals surface area contributed by atoms with Gasteiger partial charge in [0.2, 0.25) is 0 Å². The SMILES string of the molecule is CCC/C=[C]\c1ccc(CCC)cc1. The molecule has 0 nitrogen and oxygen atoms in total. The lowest BCUT2D eigenvalue weighted by Crippen LogP contribution is -1.82. The van der Waals surface area contributed by atoms with Crippen LogP contribution in [0.2, 0.25) is 0 Å². The Kier molecular flexibility index (Phi) is 5.06. The van der Waals surface area contributed by atoms with E-state index in [1.54, 1.807) is 0 Å². The largest absolute Gasteiger partial charge is 0.0761 e. The molecule has 0 fully saturated rings. The number of allylic oxidation sites excluding steroid dienone is 1. The highest BCUT2D eigenvalue weighted by atomic mass is 14.0. The summed E-state index contributed by atoms with van der Waals surface area (Å²) >= 11 is 0. The zero-order valence-electron chi connectivity index (χ0n) is 9.22. The predicted octanol–water partition coefficient (Wildman–Crippen LogP) is 4.15. The van der Waals surface area contributed by atoms with Crippen molar-refractivity contribution < 1.29 is 0 Å². The Morgan fingerprint density at radius 1 is 1.07 bits per heavy atom. The molecule has 0 aliphatic heterocycles. The summed E-state index contributed by atoms with van der Waals surface area (Å²) in [4.78, 5) is 0. The lowest BCUT2D eigenvalue weighted by molar-refractivity contribution is 0.921. The first-order valence-electron chi connectivity index (χ1n) is 5.54. The van der Waals surface area contributed by atoms with Crippen LogP contribution >= 0.6 is 0 Å². The summed E-state index contributed by atoms with van der Waals surface area (Å²) in [6, 6.07) is 8.70. The van der Waals surface area contributed by atoms with Crippen molar-refractivity contribution in [2.24, 2.45) is 0 Å². The monoisotopic (exact) mass is 187 g/mol. The molecule has 0 bridgehead atoms. The Bertz CT molecular complexity index is 267. The van der Waals surface area contributed by atoms with Crippen molar-refractivity contribution in [2.45, 2.75) is 39.5 Å². The Morgan fingerprint density at radius 2 is 1.79 bits per heavy atom. The fourth-order valence-electron chi connectivity index (χ4n) is 1.39. The van der Waals surface area contributed by atoms with Crippen molar-refractivity contribution in [1.82, 2.24) is 0 Å². The number of aryl methyl sites for hydroxylation is 1. The average molecular weight is 187 g/mol. The van der Waals surface area contributed by atoms with Crippen molar-refractivity contribution in [2.75, 3.05) is 0 Å². The number of rotatable bonds is 5. The van der Waals surface area contributed by atoms with Crippen LogP contribution in [0.15, 0.2) is 30.3 Å². The van der Waals surface area contributed by atoms with Gasteiger partial charge in [-0.05, 0) is 30.0 Å². The topological polar surface area (TPSA) is 0 Å². The predicted molar refractivity (Wildman–Crippen MR) is 62.3 cm³/mol. The highest BCUT2D eigenvalue weighted by molar-refractivity contribution is 5.27. The third-order valence-electron chi connectivity index (χ3n) is 2.19. The highest BCUT2D eigenvalue weighted by Gasteiger charge is 1.90. The molecule has 0 heterocycles. The van der Waals surface area contributed by atoms with E-state index in [9.17, 15) is 0 Å². The van der Waals surface area contributed by atoms with Crippen molar-refractivity contribution in [3.63, 3.8) is 0 Å². The average Bonchev–Trinajstić information content (AvgIpc) is 2.21. The van der Waals surface area contributed by atoms with E-state index in [0.717, 1.165) is 6.42 Å². The van der Waals surface area contributed by atoms with E-state index >= 15 is 0 Å².